The molecule has 0 saturated heterocycles. The molecule has 3 nitrogen and oxygen atoms in total. The third-order valence-electron chi connectivity index (χ3n) is 2.53. The normalized spacial score (nSPS) is 10.8. The van der Waals surface area contributed by atoms with Crippen LogP contribution in [0.1, 0.15) is 5.69 Å². The van der Waals surface area contributed by atoms with Gasteiger partial charge >= 0.3 is 0 Å². The molecule has 3 aromatic heterocycles. The van der Waals surface area contributed by atoms with E-state index in [-0.39, 0.29) is 0 Å². The minimum atomic E-state index is 0.666. The van der Waals surface area contributed by atoms with E-state index < -0.39 is 0 Å². The van der Waals surface area contributed by atoms with Crippen LogP contribution in [0.2, 0.25) is 5.02 Å². The highest BCUT2D eigenvalue weighted by atomic mass is 35.5. The molecule has 0 aromatic carbocycles. The van der Waals surface area contributed by atoms with Crippen LogP contribution in [0.4, 0.5) is 0 Å². The standard InChI is InChI=1S/C13H10ClN3S/c1-9-8-11(12-10(14)4-7-18-12)16-13(15-9)17-5-2-3-6-17/h2-8H,1H3. The molecule has 3 rings (SSSR count). The molecule has 0 spiro atoms. The van der Waals surface area contributed by atoms with Gasteiger partial charge in [0.25, 0.3) is 0 Å². The lowest BCUT2D eigenvalue weighted by Gasteiger charge is -2.05. The zero-order valence-corrected chi connectivity index (χ0v) is 11.2. The number of nitrogens with zero attached hydrogens (tertiary/aromatic N) is 3. The van der Waals surface area contributed by atoms with Crippen molar-refractivity contribution in [2.45, 2.75) is 6.92 Å². The molecule has 0 N–H and O–H groups in total. The van der Waals surface area contributed by atoms with Gasteiger partial charge in [0.05, 0.1) is 15.6 Å². The predicted molar refractivity (Wildman–Crippen MR) is 74.4 cm³/mol. The average Bonchev–Trinajstić information content (AvgIpc) is 2.98. The summed E-state index contributed by atoms with van der Waals surface area (Å²) in [6, 6.07) is 7.73. The van der Waals surface area contributed by atoms with Gasteiger partial charge in [0, 0.05) is 18.1 Å². The van der Waals surface area contributed by atoms with Crippen LogP contribution in [0.15, 0.2) is 42.0 Å². The van der Waals surface area contributed by atoms with Crippen molar-refractivity contribution in [3.63, 3.8) is 0 Å². The van der Waals surface area contributed by atoms with Crippen LogP contribution in [0.5, 0.6) is 0 Å². The summed E-state index contributed by atoms with van der Waals surface area (Å²) in [5.74, 6) is 0.666. The molecule has 90 valence electrons. The van der Waals surface area contributed by atoms with Gasteiger partial charge in [0.15, 0.2) is 0 Å². The van der Waals surface area contributed by atoms with Gasteiger partial charge in [-0.2, -0.15) is 0 Å². The number of hydrogen-bond donors (Lipinski definition) is 0. The number of aromatic nitrogens is 3. The molecule has 0 fully saturated rings. The Morgan fingerprint density at radius 2 is 2.00 bits per heavy atom. The summed E-state index contributed by atoms with van der Waals surface area (Å²) in [6.45, 7) is 1.96. The first-order valence-electron chi connectivity index (χ1n) is 5.46. The van der Waals surface area contributed by atoms with Crippen molar-refractivity contribution in [3.05, 3.63) is 52.8 Å². The zero-order chi connectivity index (χ0) is 12.5. The lowest BCUT2D eigenvalue weighted by atomic mass is 10.3. The third kappa shape index (κ3) is 2.05. The molecule has 0 unspecified atom stereocenters. The van der Waals surface area contributed by atoms with Gasteiger partial charge in [0.2, 0.25) is 5.95 Å². The summed E-state index contributed by atoms with van der Waals surface area (Å²) in [5.41, 5.74) is 1.79. The molecular weight excluding hydrogens is 266 g/mol. The lowest BCUT2D eigenvalue weighted by molar-refractivity contribution is 0.922. The van der Waals surface area contributed by atoms with Crippen LogP contribution in [0, 0.1) is 6.92 Å². The molecule has 18 heavy (non-hydrogen) atoms. The number of thiophene rings is 1. The van der Waals surface area contributed by atoms with E-state index >= 15 is 0 Å². The van der Waals surface area contributed by atoms with E-state index in [2.05, 4.69) is 9.97 Å². The maximum Gasteiger partial charge on any atom is 0.234 e. The van der Waals surface area contributed by atoms with E-state index in [0.29, 0.717) is 5.95 Å². The Labute approximate surface area is 114 Å². The van der Waals surface area contributed by atoms with Gasteiger partial charge in [-0.15, -0.1) is 11.3 Å². The highest BCUT2D eigenvalue weighted by molar-refractivity contribution is 7.14. The molecule has 0 aliphatic carbocycles. The Morgan fingerprint density at radius 3 is 2.67 bits per heavy atom. The summed E-state index contributed by atoms with van der Waals surface area (Å²) in [5, 5.41) is 2.70. The van der Waals surface area contributed by atoms with Gasteiger partial charge in [-0.25, -0.2) is 9.97 Å². The maximum atomic E-state index is 6.15. The lowest BCUT2D eigenvalue weighted by Crippen LogP contribution is -2.01. The summed E-state index contributed by atoms with van der Waals surface area (Å²) >= 11 is 7.73. The number of hydrogen-bond acceptors (Lipinski definition) is 3. The highest BCUT2D eigenvalue weighted by Gasteiger charge is 2.10. The van der Waals surface area contributed by atoms with Crippen molar-refractivity contribution in [2.75, 3.05) is 0 Å². The van der Waals surface area contributed by atoms with Crippen molar-refractivity contribution in [3.8, 4) is 16.5 Å². The SMILES string of the molecule is Cc1cc(-c2sccc2Cl)nc(-n2cccc2)n1. The number of halogens is 1. The Kier molecular flexibility index (Phi) is 2.89. The predicted octanol–water partition coefficient (Wildman–Crippen LogP) is 3.96. The van der Waals surface area contributed by atoms with Gasteiger partial charge in [-0.3, -0.25) is 4.57 Å². The van der Waals surface area contributed by atoms with E-state index in [0.717, 1.165) is 21.3 Å². The molecule has 0 radical (unpaired) electrons. The van der Waals surface area contributed by atoms with Crippen LogP contribution < -0.4 is 0 Å². The first-order valence-corrected chi connectivity index (χ1v) is 6.72. The second-order valence-electron chi connectivity index (χ2n) is 3.88. The zero-order valence-electron chi connectivity index (χ0n) is 9.67. The fourth-order valence-electron chi connectivity index (χ4n) is 1.73. The average molecular weight is 276 g/mol. The Morgan fingerprint density at radius 1 is 1.22 bits per heavy atom. The third-order valence-corrected chi connectivity index (χ3v) is 3.89. The summed E-state index contributed by atoms with van der Waals surface area (Å²) in [4.78, 5) is 9.97. The van der Waals surface area contributed by atoms with E-state index in [1.54, 1.807) is 11.3 Å². The number of rotatable bonds is 2. The summed E-state index contributed by atoms with van der Waals surface area (Å²) in [6.07, 6.45) is 3.85. The maximum absolute atomic E-state index is 6.15. The molecule has 0 amide bonds. The first kappa shape index (κ1) is 11.4. The van der Waals surface area contributed by atoms with Crippen molar-refractivity contribution in [2.24, 2.45) is 0 Å². The van der Waals surface area contributed by atoms with Crippen LogP contribution in [-0.2, 0) is 0 Å². The molecule has 0 saturated carbocycles. The van der Waals surface area contributed by atoms with Crippen LogP contribution in [-0.4, -0.2) is 14.5 Å². The number of aryl methyl sites for hydroxylation is 1. The van der Waals surface area contributed by atoms with E-state index in [1.165, 1.54) is 0 Å². The van der Waals surface area contributed by atoms with Crippen LogP contribution in [0.25, 0.3) is 16.5 Å². The van der Waals surface area contributed by atoms with Gasteiger partial charge < -0.3 is 0 Å². The second kappa shape index (κ2) is 4.55. The minimum absolute atomic E-state index is 0.666. The summed E-state index contributed by atoms with van der Waals surface area (Å²) in [7, 11) is 0. The Hall–Kier alpha value is -1.65. The monoisotopic (exact) mass is 275 g/mol. The topological polar surface area (TPSA) is 30.7 Å². The molecular formula is C13H10ClN3S. The van der Waals surface area contributed by atoms with Gasteiger partial charge in [0.1, 0.15) is 0 Å². The highest BCUT2D eigenvalue weighted by Crippen LogP contribution is 2.32. The van der Waals surface area contributed by atoms with Crippen LogP contribution in [0.3, 0.4) is 0 Å². The second-order valence-corrected chi connectivity index (χ2v) is 5.21. The molecule has 3 heterocycles. The minimum Gasteiger partial charge on any atom is -0.293 e. The van der Waals surface area contributed by atoms with Gasteiger partial charge in [-0.05, 0) is 36.6 Å². The molecule has 0 aliphatic rings. The van der Waals surface area contributed by atoms with Gasteiger partial charge in [-0.1, -0.05) is 11.6 Å². The van der Waals surface area contributed by atoms with E-state index in [1.807, 2.05) is 53.5 Å². The van der Waals surface area contributed by atoms with Crippen LogP contribution >= 0.6 is 22.9 Å². The Balaban J connectivity index is 2.15. The van der Waals surface area contributed by atoms with Crippen molar-refractivity contribution in [1.82, 2.24) is 14.5 Å². The largest absolute Gasteiger partial charge is 0.293 e. The van der Waals surface area contributed by atoms with E-state index in [9.17, 15) is 0 Å². The first-order chi connectivity index (χ1) is 8.74. The molecule has 0 atom stereocenters. The van der Waals surface area contributed by atoms with Crippen molar-refractivity contribution >= 4 is 22.9 Å². The fourth-order valence-corrected chi connectivity index (χ4v) is 2.84. The van der Waals surface area contributed by atoms with Crippen molar-refractivity contribution < 1.29 is 0 Å². The molecule has 5 heteroatoms. The van der Waals surface area contributed by atoms with E-state index in [4.69, 9.17) is 11.6 Å². The molecule has 0 bridgehead atoms. The quantitative estimate of drug-likeness (QED) is 0.709. The molecule has 3 aromatic rings. The smallest absolute Gasteiger partial charge is 0.234 e. The molecule has 0 aliphatic heterocycles. The fraction of sp³-hybridized carbons (Fsp3) is 0.0769. The summed E-state index contributed by atoms with van der Waals surface area (Å²) < 4.78 is 1.89. The van der Waals surface area contributed by atoms with Crippen molar-refractivity contribution in [1.29, 1.82) is 0 Å². The Bertz CT molecular complexity index is 673.